The molecule has 0 aromatic heterocycles. The van der Waals surface area contributed by atoms with Crippen LogP contribution in [0.5, 0.6) is 5.75 Å². The first-order valence-corrected chi connectivity index (χ1v) is 6.64. The van der Waals surface area contributed by atoms with Gasteiger partial charge in [-0.25, -0.2) is 4.79 Å². The number of ether oxygens (including phenoxy) is 1. The number of carboxylic acid groups (broad SMARTS) is 1. The quantitative estimate of drug-likeness (QED) is 0.897. The molecule has 5 heteroatoms. The standard InChI is InChI=1S/C14H10BrClO3/c15-10-6-5-9(12(16)7-10)8-19-13-4-2-1-3-11(13)14(17)18/h1-7H,8H2,(H,17,18). The number of hydrogen-bond acceptors (Lipinski definition) is 2. The van der Waals surface area contributed by atoms with Crippen molar-refractivity contribution in [2.45, 2.75) is 6.61 Å². The van der Waals surface area contributed by atoms with Gasteiger partial charge in [0.1, 0.15) is 17.9 Å². The van der Waals surface area contributed by atoms with Crippen molar-refractivity contribution in [2.24, 2.45) is 0 Å². The van der Waals surface area contributed by atoms with Crippen molar-refractivity contribution < 1.29 is 14.6 Å². The van der Waals surface area contributed by atoms with Crippen molar-refractivity contribution >= 4 is 33.5 Å². The Kier molecular flexibility index (Phi) is 4.45. The Labute approximate surface area is 123 Å². The molecular weight excluding hydrogens is 332 g/mol. The highest BCUT2D eigenvalue weighted by molar-refractivity contribution is 9.10. The summed E-state index contributed by atoms with van der Waals surface area (Å²) >= 11 is 9.39. The number of halogens is 2. The normalized spacial score (nSPS) is 10.2. The second-order valence-corrected chi connectivity index (χ2v) is 5.15. The van der Waals surface area contributed by atoms with Gasteiger partial charge in [0.05, 0.1) is 0 Å². The highest BCUT2D eigenvalue weighted by Gasteiger charge is 2.10. The smallest absolute Gasteiger partial charge is 0.339 e. The van der Waals surface area contributed by atoms with Gasteiger partial charge in [-0.05, 0) is 24.3 Å². The van der Waals surface area contributed by atoms with Gasteiger partial charge in [0.15, 0.2) is 0 Å². The maximum absolute atomic E-state index is 11.0. The van der Waals surface area contributed by atoms with Crippen molar-refractivity contribution in [1.82, 2.24) is 0 Å². The van der Waals surface area contributed by atoms with Gasteiger partial charge in [0.2, 0.25) is 0 Å². The SMILES string of the molecule is O=C(O)c1ccccc1OCc1ccc(Br)cc1Cl. The maximum atomic E-state index is 11.0. The molecule has 0 unspecified atom stereocenters. The summed E-state index contributed by atoms with van der Waals surface area (Å²) in [6, 6.07) is 12.0. The highest BCUT2D eigenvalue weighted by Crippen LogP contribution is 2.24. The summed E-state index contributed by atoms with van der Waals surface area (Å²) in [4.78, 5) is 11.0. The fourth-order valence-electron chi connectivity index (χ4n) is 1.56. The Hall–Kier alpha value is -1.52. The Morgan fingerprint density at radius 2 is 2.00 bits per heavy atom. The molecule has 2 rings (SSSR count). The van der Waals surface area contributed by atoms with Crippen molar-refractivity contribution in [1.29, 1.82) is 0 Å². The Morgan fingerprint density at radius 3 is 2.68 bits per heavy atom. The number of aromatic carboxylic acids is 1. The predicted octanol–water partition coefficient (Wildman–Crippen LogP) is 4.38. The van der Waals surface area contributed by atoms with Crippen LogP contribution in [-0.4, -0.2) is 11.1 Å². The topological polar surface area (TPSA) is 46.5 Å². The second-order valence-electron chi connectivity index (χ2n) is 3.83. The van der Waals surface area contributed by atoms with E-state index in [1.807, 2.05) is 12.1 Å². The molecule has 0 bridgehead atoms. The van der Waals surface area contributed by atoms with Crippen molar-refractivity contribution in [3.63, 3.8) is 0 Å². The summed E-state index contributed by atoms with van der Waals surface area (Å²) in [6.07, 6.45) is 0. The average Bonchev–Trinajstić information content (AvgIpc) is 2.38. The van der Waals surface area contributed by atoms with Crippen molar-refractivity contribution in [3.8, 4) is 5.75 Å². The molecule has 19 heavy (non-hydrogen) atoms. The van der Waals surface area contributed by atoms with Crippen LogP contribution in [0, 0.1) is 0 Å². The third-order valence-corrected chi connectivity index (χ3v) is 3.36. The molecule has 0 saturated carbocycles. The van der Waals surface area contributed by atoms with Crippen LogP contribution in [0.1, 0.15) is 15.9 Å². The van der Waals surface area contributed by atoms with Crippen molar-refractivity contribution in [3.05, 3.63) is 63.1 Å². The van der Waals surface area contributed by atoms with Gasteiger partial charge in [0, 0.05) is 15.1 Å². The van der Waals surface area contributed by atoms with Gasteiger partial charge in [-0.2, -0.15) is 0 Å². The molecule has 3 nitrogen and oxygen atoms in total. The average molecular weight is 342 g/mol. The lowest BCUT2D eigenvalue weighted by atomic mass is 10.2. The van der Waals surface area contributed by atoms with Crippen LogP contribution in [0.2, 0.25) is 5.02 Å². The molecule has 0 aliphatic rings. The summed E-state index contributed by atoms with van der Waals surface area (Å²) in [7, 11) is 0. The molecule has 0 saturated heterocycles. The van der Waals surface area contributed by atoms with E-state index in [0.717, 1.165) is 10.0 Å². The van der Waals surface area contributed by atoms with E-state index in [4.69, 9.17) is 21.4 Å². The van der Waals surface area contributed by atoms with Gasteiger partial charge in [-0.1, -0.05) is 45.7 Å². The number of para-hydroxylation sites is 1. The zero-order chi connectivity index (χ0) is 13.8. The van der Waals surface area contributed by atoms with Crippen molar-refractivity contribution in [2.75, 3.05) is 0 Å². The van der Waals surface area contributed by atoms with Gasteiger partial charge < -0.3 is 9.84 Å². The first-order chi connectivity index (χ1) is 9.08. The lowest BCUT2D eigenvalue weighted by molar-refractivity contribution is 0.0692. The van der Waals surface area contributed by atoms with E-state index in [1.54, 1.807) is 24.3 Å². The second kappa shape index (κ2) is 6.08. The molecule has 0 radical (unpaired) electrons. The molecule has 98 valence electrons. The van der Waals surface area contributed by atoms with Crippen LogP contribution < -0.4 is 4.74 Å². The van der Waals surface area contributed by atoms with Gasteiger partial charge in [-0.15, -0.1) is 0 Å². The molecule has 0 amide bonds. The minimum absolute atomic E-state index is 0.135. The first kappa shape index (κ1) is 13.9. The third-order valence-electron chi connectivity index (χ3n) is 2.52. The summed E-state index contributed by atoms with van der Waals surface area (Å²) in [5, 5.41) is 9.61. The molecule has 2 aromatic carbocycles. The van der Waals surface area contributed by atoms with E-state index in [1.165, 1.54) is 6.07 Å². The largest absolute Gasteiger partial charge is 0.488 e. The fourth-order valence-corrected chi connectivity index (χ4v) is 2.29. The summed E-state index contributed by atoms with van der Waals surface area (Å²) < 4.78 is 6.41. The van der Waals surface area contributed by atoms with Crippen LogP contribution in [0.25, 0.3) is 0 Å². The van der Waals surface area contributed by atoms with Gasteiger partial charge in [0.25, 0.3) is 0 Å². The summed E-state index contributed by atoms with van der Waals surface area (Å²) in [5.41, 5.74) is 0.931. The zero-order valence-corrected chi connectivity index (χ0v) is 12.1. The van der Waals surface area contributed by atoms with E-state index < -0.39 is 5.97 Å². The summed E-state index contributed by atoms with van der Waals surface area (Å²) in [5.74, 6) is -0.688. The van der Waals surface area contributed by atoms with Gasteiger partial charge in [-0.3, -0.25) is 0 Å². The van der Waals surface area contributed by atoms with E-state index >= 15 is 0 Å². The van der Waals surface area contributed by atoms with Crippen LogP contribution in [-0.2, 0) is 6.61 Å². The molecule has 0 fully saturated rings. The number of benzene rings is 2. The number of rotatable bonds is 4. The van der Waals surface area contributed by atoms with Gasteiger partial charge >= 0.3 is 5.97 Å². The number of hydrogen-bond donors (Lipinski definition) is 1. The minimum atomic E-state index is -1.02. The lowest BCUT2D eigenvalue weighted by Gasteiger charge is -2.10. The molecule has 0 aliphatic heterocycles. The Bertz CT molecular complexity index is 613. The Balaban J connectivity index is 2.17. The van der Waals surface area contributed by atoms with E-state index in [2.05, 4.69) is 15.9 Å². The van der Waals surface area contributed by atoms with Crippen LogP contribution in [0.3, 0.4) is 0 Å². The molecule has 0 heterocycles. The summed E-state index contributed by atoms with van der Waals surface area (Å²) in [6.45, 7) is 0.219. The van der Waals surface area contributed by atoms with Crippen LogP contribution in [0.15, 0.2) is 46.9 Å². The Morgan fingerprint density at radius 1 is 1.26 bits per heavy atom. The van der Waals surface area contributed by atoms with Crippen LogP contribution in [0.4, 0.5) is 0 Å². The molecule has 0 spiro atoms. The maximum Gasteiger partial charge on any atom is 0.339 e. The molecule has 0 atom stereocenters. The van der Waals surface area contributed by atoms with Crippen LogP contribution >= 0.6 is 27.5 Å². The molecule has 0 aliphatic carbocycles. The molecule has 2 aromatic rings. The first-order valence-electron chi connectivity index (χ1n) is 5.47. The molecular formula is C14H10BrClO3. The predicted molar refractivity (Wildman–Crippen MR) is 76.9 cm³/mol. The lowest BCUT2D eigenvalue weighted by Crippen LogP contribution is -2.03. The molecule has 1 N–H and O–H groups in total. The van der Waals surface area contributed by atoms with E-state index in [-0.39, 0.29) is 12.2 Å². The third kappa shape index (κ3) is 3.49. The monoisotopic (exact) mass is 340 g/mol. The fraction of sp³-hybridized carbons (Fsp3) is 0.0714. The number of carbonyl (C=O) groups is 1. The number of carboxylic acids is 1. The minimum Gasteiger partial charge on any atom is -0.488 e. The van der Waals surface area contributed by atoms with E-state index in [0.29, 0.717) is 10.8 Å². The zero-order valence-electron chi connectivity index (χ0n) is 9.77. The highest BCUT2D eigenvalue weighted by atomic mass is 79.9. The van der Waals surface area contributed by atoms with E-state index in [9.17, 15) is 4.79 Å².